The van der Waals surface area contributed by atoms with Crippen LogP contribution in [0.1, 0.15) is 37.1 Å². The van der Waals surface area contributed by atoms with Crippen molar-refractivity contribution in [3.05, 3.63) is 11.4 Å². The zero-order valence-corrected chi connectivity index (χ0v) is 10.6. The molecule has 1 aliphatic rings. The number of rotatable bonds is 3. The van der Waals surface area contributed by atoms with Gasteiger partial charge in [0.05, 0.1) is 11.4 Å². The number of nitrogens with one attached hydrogen (secondary N) is 1. The largest absolute Gasteiger partial charge is 0.353 e. The smallest absolute Gasteiger partial charge is 0.242 e. The Bertz CT molecular complexity index is 371. The first kappa shape index (κ1) is 12.2. The van der Waals surface area contributed by atoms with Crippen LogP contribution in [0, 0.1) is 19.8 Å². The van der Waals surface area contributed by atoms with Gasteiger partial charge in [-0.1, -0.05) is 0 Å². The minimum absolute atomic E-state index is 0.408. The van der Waals surface area contributed by atoms with Gasteiger partial charge in [0, 0.05) is 12.6 Å². The third-order valence-electron chi connectivity index (χ3n) is 3.53. The van der Waals surface area contributed by atoms with Gasteiger partial charge < -0.3 is 11.1 Å². The topological polar surface area (TPSA) is 76.7 Å². The van der Waals surface area contributed by atoms with Crippen LogP contribution in [-0.4, -0.2) is 27.8 Å². The summed E-state index contributed by atoms with van der Waals surface area (Å²) in [6.45, 7) is 4.80. The van der Waals surface area contributed by atoms with E-state index in [1.807, 2.05) is 13.8 Å². The van der Waals surface area contributed by atoms with E-state index in [-0.39, 0.29) is 0 Å². The summed E-state index contributed by atoms with van der Waals surface area (Å²) >= 11 is 0. The van der Waals surface area contributed by atoms with Crippen molar-refractivity contribution >= 4 is 5.95 Å². The molecule has 1 aliphatic carbocycles. The van der Waals surface area contributed by atoms with Crippen molar-refractivity contribution in [1.82, 2.24) is 15.2 Å². The lowest BCUT2D eigenvalue weighted by Gasteiger charge is -2.26. The second-order valence-electron chi connectivity index (χ2n) is 4.97. The van der Waals surface area contributed by atoms with E-state index in [9.17, 15) is 0 Å². The van der Waals surface area contributed by atoms with Crippen LogP contribution in [0.3, 0.4) is 0 Å². The van der Waals surface area contributed by atoms with Crippen LogP contribution in [0.4, 0.5) is 5.95 Å². The van der Waals surface area contributed by atoms with Crippen molar-refractivity contribution in [1.29, 1.82) is 0 Å². The van der Waals surface area contributed by atoms with E-state index in [4.69, 9.17) is 5.73 Å². The van der Waals surface area contributed by atoms with Crippen molar-refractivity contribution < 1.29 is 0 Å². The molecule has 94 valence electrons. The summed E-state index contributed by atoms with van der Waals surface area (Å²) in [6, 6.07) is 0.408. The van der Waals surface area contributed by atoms with E-state index < -0.39 is 0 Å². The second kappa shape index (κ2) is 5.40. The molecule has 0 amide bonds. The third-order valence-corrected chi connectivity index (χ3v) is 3.53. The number of hydrogen-bond donors (Lipinski definition) is 2. The summed E-state index contributed by atoms with van der Waals surface area (Å²) in [4.78, 5) is 4.36. The molecule has 1 aromatic heterocycles. The molecule has 1 fully saturated rings. The van der Waals surface area contributed by atoms with Crippen LogP contribution < -0.4 is 11.1 Å². The quantitative estimate of drug-likeness (QED) is 0.828. The van der Waals surface area contributed by atoms with E-state index in [0.29, 0.717) is 17.9 Å². The molecule has 1 aromatic rings. The van der Waals surface area contributed by atoms with Gasteiger partial charge in [0.2, 0.25) is 5.95 Å². The fourth-order valence-corrected chi connectivity index (χ4v) is 2.16. The highest BCUT2D eigenvalue weighted by Crippen LogP contribution is 2.23. The number of aryl methyl sites for hydroxylation is 2. The molecule has 0 saturated heterocycles. The Morgan fingerprint density at radius 1 is 1.12 bits per heavy atom. The molecule has 0 aliphatic heterocycles. The van der Waals surface area contributed by atoms with E-state index in [0.717, 1.165) is 30.8 Å². The molecule has 5 heteroatoms. The van der Waals surface area contributed by atoms with Crippen LogP contribution in [0.2, 0.25) is 0 Å². The molecule has 1 saturated carbocycles. The number of nitrogens with two attached hydrogens (primary N) is 1. The first-order valence-corrected chi connectivity index (χ1v) is 6.32. The molecule has 0 unspecified atom stereocenters. The van der Waals surface area contributed by atoms with Gasteiger partial charge in [-0.05, 0) is 45.4 Å². The standard InChI is InChI=1S/C12H21N5/c1-8-9(2)16-17-12(15-8)14-7-10-3-5-11(13)6-4-10/h10-11H,3-7,13H2,1-2H3,(H,14,15,17). The van der Waals surface area contributed by atoms with Gasteiger partial charge in [-0.2, -0.15) is 5.10 Å². The van der Waals surface area contributed by atoms with Gasteiger partial charge in [0.25, 0.3) is 0 Å². The maximum Gasteiger partial charge on any atom is 0.242 e. The average Bonchev–Trinajstić information content (AvgIpc) is 2.33. The Kier molecular flexibility index (Phi) is 3.89. The van der Waals surface area contributed by atoms with Gasteiger partial charge in [-0.25, -0.2) is 4.98 Å². The lowest BCUT2D eigenvalue weighted by atomic mass is 9.86. The lowest BCUT2D eigenvalue weighted by molar-refractivity contribution is 0.338. The Morgan fingerprint density at radius 3 is 2.47 bits per heavy atom. The number of nitrogens with zero attached hydrogens (tertiary/aromatic N) is 3. The van der Waals surface area contributed by atoms with Gasteiger partial charge in [-0.3, -0.25) is 0 Å². The molecule has 0 radical (unpaired) electrons. The monoisotopic (exact) mass is 235 g/mol. The molecule has 0 atom stereocenters. The Morgan fingerprint density at radius 2 is 1.82 bits per heavy atom. The molecule has 0 spiro atoms. The molecule has 3 N–H and O–H groups in total. The lowest BCUT2D eigenvalue weighted by Crippen LogP contribution is -2.29. The summed E-state index contributed by atoms with van der Waals surface area (Å²) in [5.41, 5.74) is 7.71. The van der Waals surface area contributed by atoms with E-state index >= 15 is 0 Å². The van der Waals surface area contributed by atoms with Crippen LogP contribution in [0.15, 0.2) is 0 Å². The predicted molar refractivity (Wildman–Crippen MR) is 67.7 cm³/mol. The minimum Gasteiger partial charge on any atom is -0.353 e. The zero-order valence-electron chi connectivity index (χ0n) is 10.6. The predicted octanol–water partition coefficient (Wildman–Crippen LogP) is 1.42. The van der Waals surface area contributed by atoms with Crippen molar-refractivity contribution in [3.8, 4) is 0 Å². The number of aromatic nitrogens is 3. The van der Waals surface area contributed by atoms with Gasteiger partial charge in [0.15, 0.2) is 0 Å². The summed E-state index contributed by atoms with van der Waals surface area (Å²) in [5, 5.41) is 11.4. The van der Waals surface area contributed by atoms with Crippen molar-refractivity contribution in [3.63, 3.8) is 0 Å². The highest BCUT2D eigenvalue weighted by atomic mass is 15.2. The van der Waals surface area contributed by atoms with Crippen LogP contribution >= 0.6 is 0 Å². The Labute approximate surface area is 102 Å². The zero-order chi connectivity index (χ0) is 12.3. The fraction of sp³-hybridized carbons (Fsp3) is 0.750. The third kappa shape index (κ3) is 3.36. The number of hydrogen-bond acceptors (Lipinski definition) is 5. The van der Waals surface area contributed by atoms with E-state index in [2.05, 4.69) is 20.5 Å². The van der Waals surface area contributed by atoms with Crippen LogP contribution in [-0.2, 0) is 0 Å². The minimum atomic E-state index is 0.408. The first-order chi connectivity index (χ1) is 8.15. The van der Waals surface area contributed by atoms with Crippen molar-refractivity contribution in [2.24, 2.45) is 11.7 Å². The molecular formula is C12H21N5. The first-order valence-electron chi connectivity index (χ1n) is 6.32. The Balaban J connectivity index is 1.83. The van der Waals surface area contributed by atoms with Crippen molar-refractivity contribution in [2.75, 3.05) is 11.9 Å². The molecule has 0 aromatic carbocycles. The molecule has 17 heavy (non-hydrogen) atoms. The van der Waals surface area contributed by atoms with Gasteiger partial charge in [-0.15, -0.1) is 5.10 Å². The Hall–Kier alpha value is -1.23. The average molecular weight is 235 g/mol. The van der Waals surface area contributed by atoms with E-state index in [1.54, 1.807) is 0 Å². The summed E-state index contributed by atoms with van der Waals surface area (Å²) < 4.78 is 0. The van der Waals surface area contributed by atoms with E-state index in [1.165, 1.54) is 12.8 Å². The van der Waals surface area contributed by atoms with Gasteiger partial charge in [0.1, 0.15) is 0 Å². The molecule has 1 heterocycles. The van der Waals surface area contributed by atoms with Crippen LogP contribution in [0.25, 0.3) is 0 Å². The highest BCUT2D eigenvalue weighted by molar-refractivity contribution is 5.24. The summed E-state index contributed by atoms with van der Waals surface area (Å²) in [7, 11) is 0. The highest BCUT2D eigenvalue weighted by Gasteiger charge is 2.18. The fourth-order valence-electron chi connectivity index (χ4n) is 2.16. The SMILES string of the molecule is Cc1nnc(NCC2CCC(N)CC2)nc1C. The summed E-state index contributed by atoms with van der Waals surface area (Å²) in [6.07, 6.45) is 4.68. The molecule has 2 rings (SSSR count). The van der Waals surface area contributed by atoms with Gasteiger partial charge >= 0.3 is 0 Å². The second-order valence-corrected chi connectivity index (χ2v) is 4.97. The normalized spacial score (nSPS) is 24.6. The molecule has 0 bridgehead atoms. The molecular weight excluding hydrogens is 214 g/mol. The number of anilines is 1. The maximum absolute atomic E-state index is 5.89. The van der Waals surface area contributed by atoms with Crippen LogP contribution in [0.5, 0.6) is 0 Å². The summed E-state index contributed by atoms with van der Waals surface area (Å²) in [5.74, 6) is 1.34. The maximum atomic E-state index is 5.89. The van der Waals surface area contributed by atoms with Crippen molar-refractivity contribution in [2.45, 2.75) is 45.6 Å². The molecule has 5 nitrogen and oxygen atoms in total.